The summed E-state index contributed by atoms with van der Waals surface area (Å²) in [7, 11) is 3.58. The number of anilines is 1. The highest BCUT2D eigenvalue weighted by atomic mass is 16.5. The third-order valence-electron chi connectivity index (χ3n) is 5.36. The fourth-order valence-electron chi connectivity index (χ4n) is 3.36. The summed E-state index contributed by atoms with van der Waals surface area (Å²) >= 11 is 0. The third kappa shape index (κ3) is 7.43. The van der Waals surface area contributed by atoms with E-state index in [4.69, 9.17) is 4.74 Å². The third-order valence-corrected chi connectivity index (χ3v) is 5.36. The summed E-state index contributed by atoms with van der Waals surface area (Å²) in [6.07, 6.45) is 4.57. The zero-order chi connectivity index (χ0) is 22.6. The van der Waals surface area contributed by atoms with Crippen LogP contribution < -0.4 is 5.32 Å². The number of nitrogens with one attached hydrogen (secondary N) is 1. The van der Waals surface area contributed by atoms with Crippen molar-refractivity contribution >= 4 is 17.6 Å². The zero-order valence-electron chi connectivity index (χ0n) is 19.3. The quantitative estimate of drug-likeness (QED) is 0.558. The number of unbranched alkanes of at least 4 members (excludes halogenated alkanes) is 1. The minimum Gasteiger partial charge on any atom is -0.383 e. The van der Waals surface area contributed by atoms with E-state index in [-0.39, 0.29) is 18.5 Å². The van der Waals surface area contributed by atoms with Crippen LogP contribution in [0.2, 0.25) is 0 Å². The Kier molecular flexibility index (Phi) is 10.1. The molecule has 170 valence electrons. The lowest BCUT2D eigenvalue weighted by atomic mass is 10.1. The number of urea groups is 1. The van der Waals surface area contributed by atoms with E-state index in [1.54, 1.807) is 16.9 Å². The lowest BCUT2D eigenvalue weighted by Crippen LogP contribution is -2.45. The predicted octanol–water partition coefficient (Wildman–Crippen LogP) is 3.90. The van der Waals surface area contributed by atoms with Crippen molar-refractivity contribution in [2.24, 2.45) is 7.05 Å². The molecule has 0 aliphatic carbocycles. The molecule has 0 radical (unpaired) electrons. The summed E-state index contributed by atoms with van der Waals surface area (Å²) in [5, 5.41) is 3.00. The number of rotatable bonds is 12. The Balaban J connectivity index is 2.12. The number of carbonyl (C=O) groups excluding carboxylic acids is 2. The summed E-state index contributed by atoms with van der Waals surface area (Å²) in [5.41, 5.74) is 2.90. The number of carbonyl (C=O) groups is 2. The summed E-state index contributed by atoms with van der Waals surface area (Å²) in [6, 6.07) is 11.5. The summed E-state index contributed by atoms with van der Waals surface area (Å²) in [4.78, 5) is 29.6. The number of ether oxygens (including phenoxy) is 1. The van der Waals surface area contributed by atoms with Gasteiger partial charge in [0.25, 0.3) is 0 Å². The molecule has 2 rings (SSSR count). The number of aromatic nitrogens is 1. The summed E-state index contributed by atoms with van der Waals surface area (Å²) in [5.74, 6) is -0.0896. The number of aryl methyl sites for hydroxylation is 2. The predicted molar refractivity (Wildman–Crippen MR) is 124 cm³/mol. The number of amides is 3. The molecule has 7 nitrogen and oxygen atoms in total. The Morgan fingerprint density at radius 3 is 2.48 bits per heavy atom. The molecule has 3 amide bonds. The average molecular weight is 429 g/mol. The maximum absolute atomic E-state index is 13.2. The fraction of sp³-hybridized carbons (Fsp3) is 0.500. The van der Waals surface area contributed by atoms with Crippen LogP contribution in [0.3, 0.4) is 0 Å². The topological polar surface area (TPSA) is 66.8 Å². The molecule has 1 aromatic carbocycles. The maximum Gasteiger partial charge on any atom is 0.322 e. The number of nitrogens with zero attached hydrogens (tertiary/aromatic N) is 3. The smallest absolute Gasteiger partial charge is 0.322 e. The Morgan fingerprint density at radius 2 is 1.84 bits per heavy atom. The molecule has 0 saturated heterocycles. The van der Waals surface area contributed by atoms with Gasteiger partial charge >= 0.3 is 6.03 Å². The molecule has 31 heavy (non-hydrogen) atoms. The van der Waals surface area contributed by atoms with Gasteiger partial charge in [0.2, 0.25) is 5.91 Å². The van der Waals surface area contributed by atoms with Gasteiger partial charge in [0.15, 0.2) is 0 Å². The van der Waals surface area contributed by atoms with E-state index in [0.717, 1.165) is 36.2 Å². The van der Waals surface area contributed by atoms with E-state index >= 15 is 0 Å². The highest BCUT2D eigenvalue weighted by Gasteiger charge is 2.22. The molecule has 1 aromatic heterocycles. The van der Waals surface area contributed by atoms with E-state index in [2.05, 4.69) is 19.2 Å². The highest BCUT2D eigenvalue weighted by molar-refractivity contribution is 5.93. The molecule has 0 fully saturated rings. The van der Waals surface area contributed by atoms with Crippen molar-refractivity contribution in [2.75, 3.05) is 38.7 Å². The van der Waals surface area contributed by atoms with Crippen molar-refractivity contribution < 1.29 is 14.3 Å². The number of methoxy groups -OCH3 is 1. The number of hydrogen-bond donors (Lipinski definition) is 1. The van der Waals surface area contributed by atoms with Crippen LogP contribution >= 0.6 is 0 Å². The molecule has 0 aliphatic heterocycles. The lowest BCUT2D eigenvalue weighted by molar-refractivity contribution is -0.133. The Labute approximate surface area is 186 Å². The van der Waals surface area contributed by atoms with Gasteiger partial charge in [0.05, 0.1) is 13.2 Å². The van der Waals surface area contributed by atoms with E-state index in [9.17, 15) is 9.59 Å². The average Bonchev–Trinajstić information content (AvgIpc) is 3.18. The van der Waals surface area contributed by atoms with Crippen LogP contribution in [-0.4, -0.2) is 59.7 Å². The van der Waals surface area contributed by atoms with Gasteiger partial charge in [0, 0.05) is 44.8 Å². The van der Waals surface area contributed by atoms with E-state index in [1.807, 2.05) is 54.2 Å². The molecule has 1 heterocycles. The molecule has 2 aromatic rings. The first-order chi connectivity index (χ1) is 15.0. The van der Waals surface area contributed by atoms with Crippen LogP contribution in [0.15, 0.2) is 42.6 Å². The van der Waals surface area contributed by atoms with E-state index in [1.165, 1.54) is 0 Å². The largest absolute Gasteiger partial charge is 0.383 e. The molecular weight excluding hydrogens is 392 g/mol. The zero-order valence-corrected chi connectivity index (χ0v) is 19.3. The van der Waals surface area contributed by atoms with Crippen LogP contribution in [0.5, 0.6) is 0 Å². The second-order valence-electron chi connectivity index (χ2n) is 7.63. The van der Waals surface area contributed by atoms with Crippen LogP contribution in [0.25, 0.3) is 0 Å². The van der Waals surface area contributed by atoms with Crippen LogP contribution in [0, 0.1) is 0 Å². The molecule has 0 spiro atoms. The van der Waals surface area contributed by atoms with E-state index in [0.29, 0.717) is 26.2 Å². The second kappa shape index (κ2) is 12.8. The summed E-state index contributed by atoms with van der Waals surface area (Å²) < 4.78 is 7.20. The van der Waals surface area contributed by atoms with Crippen molar-refractivity contribution in [2.45, 2.75) is 39.7 Å². The van der Waals surface area contributed by atoms with Gasteiger partial charge in [-0.2, -0.15) is 0 Å². The monoisotopic (exact) mass is 428 g/mol. The standard InChI is InChI=1S/C24H36N4O3/c1-5-7-15-28(24(30)25-22-13-9-8-11-20(22)6-2)19-23(29)27(16-17-31-4)18-21-12-10-14-26(21)3/h8-14H,5-7,15-19H2,1-4H3,(H,25,30). The van der Waals surface area contributed by atoms with Gasteiger partial charge in [-0.15, -0.1) is 0 Å². The van der Waals surface area contributed by atoms with Gasteiger partial charge in [-0.25, -0.2) is 4.79 Å². The highest BCUT2D eigenvalue weighted by Crippen LogP contribution is 2.16. The number of para-hydroxylation sites is 1. The van der Waals surface area contributed by atoms with Gasteiger partial charge < -0.3 is 24.4 Å². The molecular formula is C24H36N4O3. The van der Waals surface area contributed by atoms with Crippen molar-refractivity contribution in [3.05, 3.63) is 53.9 Å². The SMILES string of the molecule is CCCCN(CC(=O)N(CCOC)Cc1cccn1C)C(=O)Nc1ccccc1CC. The van der Waals surface area contributed by atoms with Crippen molar-refractivity contribution in [3.63, 3.8) is 0 Å². The molecule has 7 heteroatoms. The Bertz CT molecular complexity index is 834. The minimum atomic E-state index is -0.242. The molecule has 0 bridgehead atoms. The Hall–Kier alpha value is -2.80. The van der Waals surface area contributed by atoms with Crippen LogP contribution in [-0.2, 0) is 29.5 Å². The van der Waals surface area contributed by atoms with Crippen molar-refractivity contribution in [3.8, 4) is 0 Å². The normalized spacial score (nSPS) is 10.7. The van der Waals surface area contributed by atoms with Crippen LogP contribution in [0.4, 0.5) is 10.5 Å². The first-order valence-corrected chi connectivity index (χ1v) is 11.0. The maximum atomic E-state index is 13.2. The summed E-state index contributed by atoms with van der Waals surface area (Å²) in [6.45, 7) is 6.10. The first kappa shape index (κ1) is 24.5. The van der Waals surface area contributed by atoms with Gasteiger partial charge in [-0.1, -0.05) is 38.5 Å². The Morgan fingerprint density at radius 1 is 1.06 bits per heavy atom. The minimum absolute atomic E-state index is 0.0360. The van der Waals surface area contributed by atoms with Gasteiger partial charge in [-0.3, -0.25) is 4.79 Å². The van der Waals surface area contributed by atoms with Crippen molar-refractivity contribution in [1.82, 2.24) is 14.4 Å². The number of hydrogen-bond acceptors (Lipinski definition) is 3. The lowest BCUT2D eigenvalue weighted by Gasteiger charge is -2.28. The molecule has 0 saturated carbocycles. The van der Waals surface area contributed by atoms with Crippen LogP contribution in [0.1, 0.15) is 37.9 Å². The molecule has 0 unspecified atom stereocenters. The molecule has 0 atom stereocenters. The van der Waals surface area contributed by atoms with E-state index < -0.39 is 0 Å². The molecule has 0 aliphatic rings. The first-order valence-electron chi connectivity index (χ1n) is 11.0. The fourth-order valence-corrected chi connectivity index (χ4v) is 3.36. The van der Waals surface area contributed by atoms with Gasteiger partial charge in [-0.05, 0) is 36.6 Å². The number of benzene rings is 1. The van der Waals surface area contributed by atoms with Gasteiger partial charge in [0.1, 0.15) is 6.54 Å². The van der Waals surface area contributed by atoms with Crippen molar-refractivity contribution in [1.29, 1.82) is 0 Å². The second-order valence-corrected chi connectivity index (χ2v) is 7.63. The molecule has 1 N–H and O–H groups in total.